The second kappa shape index (κ2) is 7.85. The molecule has 6 heteroatoms. The molecule has 0 spiro atoms. The maximum Gasteiger partial charge on any atom is 0.236 e. The Morgan fingerprint density at radius 2 is 1.94 bits per heavy atom. The molecular formula is C12H17Cl3N2O. The molecule has 18 heavy (non-hydrogen) atoms. The van der Waals surface area contributed by atoms with Gasteiger partial charge in [-0.25, -0.2) is 0 Å². The molecule has 0 aliphatic heterocycles. The predicted octanol–water partition coefficient (Wildman–Crippen LogP) is 3.11. The molecular weight excluding hydrogens is 295 g/mol. The molecule has 0 unspecified atom stereocenters. The Hall–Kier alpha value is -0.480. The molecule has 1 rings (SSSR count). The van der Waals surface area contributed by atoms with E-state index in [0.29, 0.717) is 16.6 Å². The zero-order valence-corrected chi connectivity index (χ0v) is 12.6. The van der Waals surface area contributed by atoms with E-state index in [4.69, 9.17) is 28.9 Å². The number of carbonyl (C=O) groups is 1. The Balaban J connectivity index is 0.00000289. The number of hydrogen-bond donors (Lipinski definition) is 1. The van der Waals surface area contributed by atoms with E-state index in [1.807, 2.05) is 19.9 Å². The van der Waals surface area contributed by atoms with Gasteiger partial charge < -0.3 is 10.6 Å². The standard InChI is InChI=1S/C12H16Cl2N2O.ClH/c1-8(2)16(12(17)6-15)7-9-3-4-10(13)11(14)5-9;/h3-5,8H,6-7,15H2,1-2H3;1H. The summed E-state index contributed by atoms with van der Waals surface area (Å²) in [6.45, 7) is 4.40. The van der Waals surface area contributed by atoms with Gasteiger partial charge in [0.05, 0.1) is 16.6 Å². The summed E-state index contributed by atoms with van der Waals surface area (Å²) in [4.78, 5) is 13.4. The van der Waals surface area contributed by atoms with Crippen molar-refractivity contribution in [3.8, 4) is 0 Å². The molecule has 3 nitrogen and oxygen atoms in total. The van der Waals surface area contributed by atoms with Crippen molar-refractivity contribution in [2.45, 2.75) is 26.4 Å². The minimum atomic E-state index is -0.0777. The number of halogens is 3. The maximum atomic E-state index is 11.7. The van der Waals surface area contributed by atoms with Crippen LogP contribution < -0.4 is 5.73 Å². The molecule has 0 radical (unpaired) electrons. The summed E-state index contributed by atoms with van der Waals surface area (Å²) in [7, 11) is 0. The molecule has 0 saturated carbocycles. The van der Waals surface area contributed by atoms with Crippen LogP contribution in [0.2, 0.25) is 10.0 Å². The zero-order valence-electron chi connectivity index (χ0n) is 10.3. The molecule has 0 aromatic heterocycles. The number of carbonyl (C=O) groups excluding carboxylic acids is 1. The van der Waals surface area contributed by atoms with Gasteiger partial charge in [0, 0.05) is 12.6 Å². The van der Waals surface area contributed by atoms with Gasteiger partial charge in [-0.15, -0.1) is 12.4 Å². The first-order chi connectivity index (χ1) is 7.95. The first kappa shape index (κ1) is 17.5. The summed E-state index contributed by atoms with van der Waals surface area (Å²) in [6, 6.07) is 5.45. The largest absolute Gasteiger partial charge is 0.335 e. The minimum Gasteiger partial charge on any atom is -0.335 e. The van der Waals surface area contributed by atoms with E-state index >= 15 is 0 Å². The molecule has 0 fully saturated rings. The van der Waals surface area contributed by atoms with E-state index in [-0.39, 0.29) is 30.9 Å². The van der Waals surface area contributed by atoms with Crippen molar-refractivity contribution in [2.24, 2.45) is 5.73 Å². The highest BCUT2D eigenvalue weighted by Crippen LogP contribution is 2.23. The Bertz CT molecular complexity index is 410. The molecule has 0 saturated heterocycles. The Kier molecular flexibility index (Phi) is 7.64. The van der Waals surface area contributed by atoms with Crippen LogP contribution in [0.5, 0.6) is 0 Å². The second-order valence-corrected chi connectivity index (χ2v) is 4.88. The molecule has 1 aromatic carbocycles. The molecule has 0 bridgehead atoms. The van der Waals surface area contributed by atoms with Crippen LogP contribution in [0.25, 0.3) is 0 Å². The van der Waals surface area contributed by atoms with Crippen LogP contribution in [0.1, 0.15) is 19.4 Å². The minimum absolute atomic E-state index is 0. The topological polar surface area (TPSA) is 46.3 Å². The van der Waals surface area contributed by atoms with Gasteiger partial charge in [0.25, 0.3) is 0 Å². The van der Waals surface area contributed by atoms with E-state index in [2.05, 4.69) is 0 Å². The fourth-order valence-electron chi connectivity index (χ4n) is 1.51. The monoisotopic (exact) mass is 310 g/mol. The summed E-state index contributed by atoms with van der Waals surface area (Å²) in [5.74, 6) is -0.0777. The van der Waals surface area contributed by atoms with Crippen molar-refractivity contribution < 1.29 is 4.79 Å². The van der Waals surface area contributed by atoms with Gasteiger partial charge in [0.1, 0.15) is 0 Å². The number of hydrogen-bond acceptors (Lipinski definition) is 2. The smallest absolute Gasteiger partial charge is 0.236 e. The van der Waals surface area contributed by atoms with E-state index in [1.165, 1.54) is 0 Å². The van der Waals surface area contributed by atoms with Crippen LogP contribution in [-0.2, 0) is 11.3 Å². The normalized spacial score (nSPS) is 10.1. The molecule has 1 amide bonds. The first-order valence-corrected chi connectivity index (χ1v) is 6.14. The van der Waals surface area contributed by atoms with Gasteiger partial charge in [-0.1, -0.05) is 29.3 Å². The Labute approximate surface area is 124 Å². The number of rotatable bonds is 4. The summed E-state index contributed by atoms with van der Waals surface area (Å²) in [5, 5.41) is 1.00. The van der Waals surface area contributed by atoms with Gasteiger partial charge in [0.15, 0.2) is 0 Å². The van der Waals surface area contributed by atoms with Gasteiger partial charge in [-0.3, -0.25) is 4.79 Å². The van der Waals surface area contributed by atoms with Crippen LogP contribution in [0.15, 0.2) is 18.2 Å². The third-order valence-electron chi connectivity index (χ3n) is 2.46. The highest BCUT2D eigenvalue weighted by atomic mass is 35.5. The summed E-state index contributed by atoms with van der Waals surface area (Å²) >= 11 is 11.8. The summed E-state index contributed by atoms with van der Waals surface area (Å²) in [5.41, 5.74) is 6.32. The third-order valence-corrected chi connectivity index (χ3v) is 3.19. The molecule has 102 valence electrons. The number of amides is 1. The van der Waals surface area contributed by atoms with Crippen LogP contribution >= 0.6 is 35.6 Å². The Morgan fingerprint density at radius 3 is 2.39 bits per heavy atom. The van der Waals surface area contributed by atoms with E-state index in [9.17, 15) is 4.79 Å². The van der Waals surface area contributed by atoms with Crippen LogP contribution in [0.3, 0.4) is 0 Å². The SMILES string of the molecule is CC(C)N(Cc1ccc(Cl)c(Cl)c1)C(=O)CN.Cl. The average Bonchev–Trinajstić information content (AvgIpc) is 2.29. The molecule has 2 N–H and O–H groups in total. The number of nitrogens with two attached hydrogens (primary N) is 1. The van der Waals surface area contributed by atoms with Crippen LogP contribution in [-0.4, -0.2) is 23.4 Å². The fraction of sp³-hybridized carbons (Fsp3) is 0.417. The molecule has 0 aliphatic carbocycles. The van der Waals surface area contributed by atoms with Crippen molar-refractivity contribution in [3.63, 3.8) is 0 Å². The van der Waals surface area contributed by atoms with E-state index in [0.717, 1.165) is 5.56 Å². The van der Waals surface area contributed by atoms with Crippen molar-refractivity contribution in [2.75, 3.05) is 6.54 Å². The number of benzene rings is 1. The predicted molar refractivity (Wildman–Crippen MR) is 78.5 cm³/mol. The Morgan fingerprint density at radius 1 is 1.33 bits per heavy atom. The van der Waals surface area contributed by atoms with Crippen LogP contribution in [0, 0.1) is 0 Å². The molecule has 0 atom stereocenters. The van der Waals surface area contributed by atoms with Crippen LogP contribution in [0.4, 0.5) is 0 Å². The molecule has 1 aromatic rings. The molecule has 0 aliphatic rings. The lowest BCUT2D eigenvalue weighted by molar-refractivity contribution is -0.132. The summed E-state index contributed by atoms with van der Waals surface area (Å²) < 4.78 is 0. The first-order valence-electron chi connectivity index (χ1n) is 5.39. The summed E-state index contributed by atoms with van der Waals surface area (Å²) in [6.07, 6.45) is 0. The maximum absolute atomic E-state index is 11.7. The van der Waals surface area contributed by atoms with E-state index < -0.39 is 0 Å². The quantitative estimate of drug-likeness (QED) is 0.928. The van der Waals surface area contributed by atoms with Gasteiger partial charge in [-0.05, 0) is 31.5 Å². The lowest BCUT2D eigenvalue weighted by atomic mass is 10.2. The average molecular weight is 312 g/mol. The lowest BCUT2D eigenvalue weighted by Crippen LogP contribution is -2.40. The van der Waals surface area contributed by atoms with E-state index in [1.54, 1.807) is 17.0 Å². The molecule has 0 heterocycles. The lowest BCUT2D eigenvalue weighted by Gasteiger charge is -2.26. The zero-order chi connectivity index (χ0) is 13.0. The van der Waals surface area contributed by atoms with Gasteiger partial charge in [-0.2, -0.15) is 0 Å². The van der Waals surface area contributed by atoms with Gasteiger partial charge in [0.2, 0.25) is 5.91 Å². The van der Waals surface area contributed by atoms with Crippen molar-refractivity contribution in [1.29, 1.82) is 0 Å². The van der Waals surface area contributed by atoms with Crippen molar-refractivity contribution >= 4 is 41.5 Å². The highest BCUT2D eigenvalue weighted by molar-refractivity contribution is 6.42. The fourth-order valence-corrected chi connectivity index (χ4v) is 1.83. The third kappa shape index (κ3) is 4.65. The van der Waals surface area contributed by atoms with Crippen molar-refractivity contribution in [3.05, 3.63) is 33.8 Å². The van der Waals surface area contributed by atoms with Gasteiger partial charge >= 0.3 is 0 Å². The highest BCUT2D eigenvalue weighted by Gasteiger charge is 2.15. The van der Waals surface area contributed by atoms with Crippen molar-refractivity contribution in [1.82, 2.24) is 4.90 Å². The number of nitrogens with zero attached hydrogens (tertiary/aromatic N) is 1. The second-order valence-electron chi connectivity index (χ2n) is 4.07.